The second-order valence-corrected chi connectivity index (χ2v) is 5.28. The fourth-order valence-corrected chi connectivity index (χ4v) is 2.04. The molecule has 7 heteroatoms. The number of halogens is 1. The van der Waals surface area contributed by atoms with Crippen LogP contribution in [0.15, 0.2) is 48.5 Å². The predicted octanol–water partition coefficient (Wildman–Crippen LogP) is 4.16. The van der Waals surface area contributed by atoms with Gasteiger partial charge in [-0.05, 0) is 30.3 Å². The van der Waals surface area contributed by atoms with Gasteiger partial charge < -0.3 is 9.47 Å². The average Bonchev–Trinajstić information content (AvgIpc) is 2.59. The third-order valence-corrected chi connectivity index (χ3v) is 3.28. The van der Waals surface area contributed by atoms with Gasteiger partial charge in [0.2, 0.25) is 0 Å². The van der Waals surface area contributed by atoms with Gasteiger partial charge in [0.05, 0.1) is 0 Å². The minimum atomic E-state index is -0.697. The number of rotatable bonds is 4. The third kappa shape index (κ3) is 5.44. The molecule has 2 aromatic rings. The van der Waals surface area contributed by atoms with Crippen LogP contribution in [0.4, 0.5) is 21.0 Å². The fraction of sp³-hybridized carbons (Fsp3) is 0.111. The summed E-state index contributed by atoms with van der Waals surface area (Å²) < 4.78 is 10.0. The Morgan fingerprint density at radius 1 is 1.24 bits per heavy atom. The van der Waals surface area contributed by atoms with Crippen LogP contribution in [0.5, 0.6) is 5.75 Å². The molecular weight excluding hydrogens is 344 g/mol. The van der Waals surface area contributed by atoms with Gasteiger partial charge in [0, 0.05) is 29.5 Å². The molecule has 2 rings (SSSR count). The van der Waals surface area contributed by atoms with E-state index in [0.717, 1.165) is 0 Å². The molecule has 0 aliphatic carbocycles. The first-order valence-electron chi connectivity index (χ1n) is 7.18. The van der Waals surface area contributed by atoms with E-state index >= 15 is 0 Å². The lowest BCUT2D eigenvalue weighted by atomic mass is 10.3. The lowest BCUT2D eigenvalue weighted by Crippen LogP contribution is -2.29. The van der Waals surface area contributed by atoms with Crippen LogP contribution < -0.4 is 15.0 Å². The lowest BCUT2D eigenvalue weighted by molar-refractivity contribution is 0.176. The van der Waals surface area contributed by atoms with E-state index in [0.29, 0.717) is 16.4 Å². The Kier molecular flexibility index (Phi) is 6.26. The van der Waals surface area contributed by atoms with Crippen molar-refractivity contribution in [1.29, 1.82) is 0 Å². The summed E-state index contributed by atoms with van der Waals surface area (Å²) in [6.07, 6.45) is 3.71. The van der Waals surface area contributed by atoms with E-state index in [1.54, 1.807) is 49.5 Å². The Morgan fingerprint density at radius 2 is 2.00 bits per heavy atom. The molecule has 0 radical (unpaired) electrons. The maximum atomic E-state index is 12.2. The number of anilines is 2. The number of hydrogen-bond acceptors (Lipinski definition) is 4. The highest BCUT2D eigenvalue weighted by atomic mass is 35.5. The van der Waals surface area contributed by atoms with Gasteiger partial charge in [0.1, 0.15) is 5.75 Å². The van der Waals surface area contributed by atoms with E-state index in [-0.39, 0.29) is 12.4 Å². The molecular formula is C18H15ClN2O4. The van der Waals surface area contributed by atoms with Crippen LogP contribution in [-0.2, 0) is 4.74 Å². The van der Waals surface area contributed by atoms with Gasteiger partial charge in [-0.2, -0.15) is 0 Å². The molecule has 6 nitrogen and oxygen atoms in total. The zero-order chi connectivity index (χ0) is 18.2. The molecule has 0 spiro atoms. The molecule has 0 heterocycles. The Labute approximate surface area is 150 Å². The summed E-state index contributed by atoms with van der Waals surface area (Å²) >= 11 is 5.92. The van der Waals surface area contributed by atoms with E-state index in [2.05, 4.69) is 11.2 Å². The summed E-state index contributed by atoms with van der Waals surface area (Å²) in [5, 5.41) is 2.99. The van der Waals surface area contributed by atoms with Crippen molar-refractivity contribution >= 4 is 35.2 Å². The van der Waals surface area contributed by atoms with Gasteiger partial charge in [0.25, 0.3) is 0 Å². The number of amides is 2. The lowest BCUT2D eigenvalue weighted by Gasteiger charge is -2.17. The van der Waals surface area contributed by atoms with Crippen molar-refractivity contribution in [1.82, 2.24) is 0 Å². The normalized spacial score (nSPS) is 9.64. The summed E-state index contributed by atoms with van der Waals surface area (Å²) in [5.41, 5.74) is 0.988. The fourth-order valence-electron chi connectivity index (χ4n) is 1.86. The molecule has 0 bridgehead atoms. The van der Waals surface area contributed by atoms with Crippen molar-refractivity contribution in [2.24, 2.45) is 0 Å². The SMILES string of the molecule is C#CCOC(=O)Nc1cccc(OC(=O)N(C)c2cccc(Cl)c2)c1. The number of benzene rings is 2. The Bertz CT molecular complexity index is 817. The van der Waals surface area contributed by atoms with Crippen LogP contribution >= 0.6 is 11.6 Å². The summed E-state index contributed by atoms with van der Waals surface area (Å²) in [6, 6.07) is 13.1. The predicted molar refractivity (Wildman–Crippen MR) is 96.1 cm³/mol. The van der Waals surface area contributed by atoms with Gasteiger partial charge in [0.15, 0.2) is 6.61 Å². The summed E-state index contributed by atoms with van der Waals surface area (Å²) in [5.74, 6) is 2.44. The molecule has 25 heavy (non-hydrogen) atoms. The first kappa shape index (κ1) is 18.2. The average molecular weight is 359 g/mol. The third-order valence-electron chi connectivity index (χ3n) is 3.04. The molecule has 0 saturated carbocycles. The van der Waals surface area contributed by atoms with Crippen molar-refractivity contribution < 1.29 is 19.1 Å². The Hall–Kier alpha value is -3.17. The van der Waals surface area contributed by atoms with Gasteiger partial charge in [-0.1, -0.05) is 29.7 Å². The molecule has 0 unspecified atom stereocenters. The smallest absolute Gasteiger partial charge is 0.419 e. The number of ether oxygens (including phenoxy) is 2. The quantitative estimate of drug-likeness (QED) is 0.833. The zero-order valence-corrected chi connectivity index (χ0v) is 14.1. The van der Waals surface area contributed by atoms with Crippen LogP contribution in [-0.4, -0.2) is 25.8 Å². The first-order valence-corrected chi connectivity index (χ1v) is 7.56. The minimum absolute atomic E-state index is 0.134. The summed E-state index contributed by atoms with van der Waals surface area (Å²) in [7, 11) is 1.56. The minimum Gasteiger partial charge on any atom is -0.436 e. The number of nitrogens with zero attached hydrogens (tertiary/aromatic N) is 1. The molecule has 0 aliphatic heterocycles. The second-order valence-electron chi connectivity index (χ2n) is 4.84. The molecule has 1 N–H and O–H groups in total. The highest BCUT2D eigenvalue weighted by Crippen LogP contribution is 2.22. The second kappa shape index (κ2) is 8.62. The number of hydrogen-bond donors (Lipinski definition) is 1. The molecule has 0 aliphatic rings. The van der Waals surface area contributed by atoms with Gasteiger partial charge in [-0.3, -0.25) is 10.2 Å². The highest BCUT2D eigenvalue weighted by molar-refractivity contribution is 6.30. The summed E-state index contributed by atoms with van der Waals surface area (Å²) in [4.78, 5) is 25.0. The molecule has 0 fully saturated rings. The van der Waals surface area contributed by atoms with E-state index < -0.39 is 12.2 Å². The molecule has 0 aromatic heterocycles. The molecule has 128 valence electrons. The zero-order valence-electron chi connectivity index (χ0n) is 13.4. The molecule has 0 saturated heterocycles. The van der Waals surface area contributed by atoms with Crippen LogP contribution in [0.2, 0.25) is 5.02 Å². The number of carbonyl (C=O) groups excluding carboxylic acids is 2. The maximum absolute atomic E-state index is 12.2. The van der Waals surface area contributed by atoms with E-state index in [4.69, 9.17) is 27.5 Å². The van der Waals surface area contributed by atoms with Crippen LogP contribution in [0.1, 0.15) is 0 Å². The largest absolute Gasteiger partial charge is 0.436 e. The van der Waals surface area contributed by atoms with Crippen LogP contribution in [0.25, 0.3) is 0 Å². The van der Waals surface area contributed by atoms with Gasteiger partial charge >= 0.3 is 12.2 Å². The van der Waals surface area contributed by atoms with Crippen molar-refractivity contribution in [2.45, 2.75) is 0 Å². The molecule has 2 aromatic carbocycles. The Morgan fingerprint density at radius 3 is 2.72 bits per heavy atom. The standard InChI is InChI=1S/C18H15ClN2O4/c1-3-10-24-17(22)20-14-7-5-9-16(12-14)25-18(23)21(2)15-8-4-6-13(19)11-15/h1,4-9,11-12H,10H2,2H3,(H,20,22). The van der Waals surface area contributed by atoms with Crippen LogP contribution in [0.3, 0.4) is 0 Å². The first-order chi connectivity index (χ1) is 12.0. The van der Waals surface area contributed by atoms with Crippen molar-refractivity contribution in [3.63, 3.8) is 0 Å². The number of terminal acetylenes is 1. The molecule has 0 atom stereocenters. The van der Waals surface area contributed by atoms with Crippen LogP contribution in [0, 0.1) is 12.3 Å². The topological polar surface area (TPSA) is 67.9 Å². The number of carbonyl (C=O) groups is 2. The molecule has 2 amide bonds. The van der Waals surface area contributed by atoms with E-state index in [1.807, 2.05) is 0 Å². The van der Waals surface area contributed by atoms with Gasteiger partial charge in [-0.25, -0.2) is 9.59 Å². The Balaban J connectivity index is 2.02. The highest BCUT2D eigenvalue weighted by Gasteiger charge is 2.14. The van der Waals surface area contributed by atoms with E-state index in [1.165, 1.54) is 11.0 Å². The summed E-state index contributed by atoms with van der Waals surface area (Å²) in [6.45, 7) is -0.134. The monoisotopic (exact) mass is 358 g/mol. The van der Waals surface area contributed by atoms with Crippen molar-refractivity contribution in [3.8, 4) is 18.1 Å². The maximum Gasteiger partial charge on any atom is 0.419 e. The van der Waals surface area contributed by atoms with Crippen molar-refractivity contribution in [3.05, 3.63) is 53.6 Å². The number of nitrogens with one attached hydrogen (secondary N) is 1. The van der Waals surface area contributed by atoms with Gasteiger partial charge in [-0.15, -0.1) is 6.42 Å². The van der Waals surface area contributed by atoms with E-state index in [9.17, 15) is 9.59 Å². The van der Waals surface area contributed by atoms with Crippen molar-refractivity contribution in [2.75, 3.05) is 23.9 Å².